The van der Waals surface area contributed by atoms with E-state index in [2.05, 4.69) is 123 Å². The van der Waals surface area contributed by atoms with Crippen molar-refractivity contribution < 1.29 is 22.3 Å². The molecule has 0 amide bonds. The fourth-order valence-corrected chi connectivity index (χ4v) is 6.31. The van der Waals surface area contributed by atoms with E-state index in [0.29, 0.717) is 6.04 Å². The third kappa shape index (κ3) is 4.16. The molecule has 4 aromatic carbocycles. The second-order valence-corrected chi connectivity index (χ2v) is 10.1. The Hall–Kier alpha value is -3.68. The van der Waals surface area contributed by atoms with Gasteiger partial charge in [-0.05, 0) is 30.6 Å². The van der Waals surface area contributed by atoms with E-state index in [1.165, 1.54) is 44.2 Å². The predicted octanol–water partition coefficient (Wildman–Crippen LogP) is 7.61. The second-order valence-electron chi connectivity index (χ2n) is 10.1. The lowest BCUT2D eigenvalue weighted by Crippen LogP contribution is -3.01. The first-order valence-corrected chi connectivity index (χ1v) is 12.7. The van der Waals surface area contributed by atoms with Gasteiger partial charge in [0.25, 0.3) is 0 Å². The second kappa shape index (κ2) is 9.57. The van der Waals surface area contributed by atoms with Crippen LogP contribution in [0.3, 0.4) is 0 Å². The van der Waals surface area contributed by atoms with Crippen LogP contribution < -0.4 is 9.60 Å². The highest BCUT2D eigenvalue weighted by Gasteiger charge is 2.93. The molecule has 6 rings (SSSR count). The molecule has 2 fully saturated rings. The largest absolute Gasteiger partial charge is 0.673 e. The topological polar surface area (TPSA) is 4.44 Å². The maximum Gasteiger partial charge on any atom is 0.673 e. The van der Waals surface area contributed by atoms with Crippen molar-refractivity contribution in [2.45, 2.75) is 32.0 Å². The SMILES string of the molecule is C=C1CC(c2ccccc2)[N@@H+]2[C@@]1(c1ccccc1)[N+]2(c1ccc(C)cc1)c1ccc(C)cc1.F[B-](F)(F)F. The van der Waals surface area contributed by atoms with Crippen LogP contribution in [0, 0.1) is 13.8 Å². The molecule has 2 nitrogen and oxygen atoms in total. The van der Waals surface area contributed by atoms with E-state index in [1.54, 1.807) is 0 Å². The molecule has 3 atom stereocenters. The van der Waals surface area contributed by atoms with E-state index in [4.69, 9.17) is 6.58 Å². The molecule has 2 heterocycles. The minimum atomic E-state index is -6.00. The smallest absolute Gasteiger partial charge is 0.418 e. The maximum atomic E-state index is 9.75. The molecule has 0 spiro atoms. The molecule has 4 aromatic rings. The van der Waals surface area contributed by atoms with Crippen LogP contribution in [0.2, 0.25) is 0 Å². The van der Waals surface area contributed by atoms with Crippen molar-refractivity contribution in [3.05, 3.63) is 144 Å². The summed E-state index contributed by atoms with van der Waals surface area (Å²) in [6.07, 6.45) is 0.992. The van der Waals surface area contributed by atoms with Gasteiger partial charge < -0.3 is 17.3 Å². The Labute approximate surface area is 221 Å². The van der Waals surface area contributed by atoms with Crippen LogP contribution in [0.4, 0.5) is 28.6 Å². The lowest BCUT2D eigenvalue weighted by Gasteiger charge is -2.23. The van der Waals surface area contributed by atoms with E-state index in [-0.39, 0.29) is 5.66 Å². The third-order valence-corrected chi connectivity index (χ3v) is 7.71. The average molecular weight is 517 g/mol. The van der Waals surface area contributed by atoms with Crippen molar-refractivity contribution in [2.75, 3.05) is 0 Å². The van der Waals surface area contributed by atoms with Gasteiger partial charge in [-0.3, -0.25) is 0 Å². The molecule has 0 aromatic heterocycles. The quantitative estimate of drug-likeness (QED) is 0.0935. The Kier molecular flexibility index (Phi) is 6.54. The molecule has 0 radical (unpaired) electrons. The van der Waals surface area contributed by atoms with Crippen LogP contribution in [-0.2, 0) is 5.66 Å². The summed E-state index contributed by atoms with van der Waals surface area (Å²) in [6.45, 7) is 9.07. The van der Waals surface area contributed by atoms with Gasteiger partial charge in [-0.25, -0.2) is 0 Å². The van der Waals surface area contributed by atoms with Crippen molar-refractivity contribution in [3.8, 4) is 0 Å². The summed E-state index contributed by atoms with van der Waals surface area (Å²) >= 11 is 0. The zero-order chi connectivity index (χ0) is 27.1. The summed E-state index contributed by atoms with van der Waals surface area (Å²) in [7, 11) is -6.00. The number of nitrogens with one attached hydrogen (secondary N) is 1. The molecule has 7 heteroatoms. The normalized spacial score (nSPS) is 23.3. The summed E-state index contributed by atoms with van der Waals surface area (Å²) < 4.78 is 39.7. The first-order valence-electron chi connectivity index (χ1n) is 12.7. The number of rotatable bonds is 4. The Balaban J connectivity index is 0.000000540. The van der Waals surface area contributed by atoms with E-state index in [1.807, 2.05) is 0 Å². The van der Waals surface area contributed by atoms with E-state index in [0.717, 1.165) is 11.0 Å². The molecule has 2 saturated heterocycles. The van der Waals surface area contributed by atoms with Crippen molar-refractivity contribution in [3.63, 3.8) is 0 Å². The third-order valence-electron chi connectivity index (χ3n) is 7.71. The summed E-state index contributed by atoms with van der Waals surface area (Å²) in [5, 5.41) is 1.53. The first-order chi connectivity index (χ1) is 18.1. The van der Waals surface area contributed by atoms with Gasteiger partial charge in [-0.15, -0.1) is 0 Å². The predicted molar refractivity (Wildman–Crippen MR) is 146 cm³/mol. The fourth-order valence-electron chi connectivity index (χ4n) is 6.31. The molecule has 0 bridgehead atoms. The molecule has 38 heavy (non-hydrogen) atoms. The van der Waals surface area contributed by atoms with Gasteiger partial charge in [0.2, 0.25) is 0 Å². The number of quaternary nitrogens is 2. The Morgan fingerprint density at radius 3 is 1.58 bits per heavy atom. The zero-order valence-electron chi connectivity index (χ0n) is 21.4. The summed E-state index contributed by atoms with van der Waals surface area (Å²) in [5.41, 5.74) is 8.96. The average Bonchev–Trinajstić information content (AvgIpc) is 3.42. The zero-order valence-corrected chi connectivity index (χ0v) is 21.4. The molecule has 0 aliphatic carbocycles. The lowest BCUT2D eigenvalue weighted by atomic mass is 9.92. The highest BCUT2D eigenvalue weighted by molar-refractivity contribution is 6.50. The van der Waals surface area contributed by atoms with E-state index < -0.39 is 7.25 Å². The lowest BCUT2D eigenvalue weighted by molar-refractivity contribution is -0.869. The van der Waals surface area contributed by atoms with Crippen LogP contribution in [0.15, 0.2) is 121 Å². The highest BCUT2D eigenvalue weighted by atomic mass is 19.5. The van der Waals surface area contributed by atoms with E-state index >= 15 is 0 Å². The number of benzene rings is 4. The summed E-state index contributed by atoms with van der Waals surface area (Å²) in [4.78, 5) is 0. The molecule has 0 saturated carbocycles. The fraction of sp³-hybridized carbons (Fsp3) is 0.161. The van der Waals surface area contributed by atoms with Gasteiger partial charge in [0.05, 0.1) is 11.1 Å². The molecule has 1 N–H and O–H groups in total. The molecular formula is C31H30BF4N2+. The number of nitrogens with zero attached hydrogens (tertiary/aromatic N) is 1. The van der Waals surface area contributed by atoms with Gasteiger partial charge in [-0.1, -0.05) is 95.5 Å². The number of hydrogen-bond donors (Lipinski definition) is 1. The van der Waals surface area contributed by atoms with Crippen LogP contribution in [0.25, 0.3) is 0 Å². The van der Waals surface area contributed by atoms with Gasteiger partial charge in [0, 0.05) is 36.2 Å². The number of halogens is 4. The minimum absolute atomic E-state index is 0.244. The van der Waals surface area contributed by atoms with Crippen molar-refractivity contribution in [1.29, 1.82) is 0 Å². The standard InChI is InChI=1S/C31H30N2.BF4/c1-23-14-18-28(19-15-23)33(29-20-16-24(2)17-21-29)31(27-12-8-5-9-13-27)25(3)22-30(32(31)33)26-10-6-4-7-11-26;2-1(3,4)5/h4-21,30,32H,3,22H2,1-2H3;/q+2;-1/t30?,31-;/m1./s1. The van der Waals surface area contributed by atoms with Gasteiger partial charge >= 0.3 is 12.9 Å². The Morgan fingerprint density at radius 2 is 1.13 bits per heavy atom. The van der Waals surface area contributed by atoms with Crippen molar-refractivity contribution >= 4 is 18.6 Å². The first kappa shape index (κ1) is 26.0. The monoisotopic (exact) mass is 517 g/mol. The molecule has 1 unspecified atom stereocenters. The van der Waals surface area contributed by atoms with Gasteiger partial charge in [-0.2, -0.15) is 0 Å². The van der Waals surface area contributed by atoms with Gasteiger partial charge in [0.1, 0.15) is 0 Å². The Morgan fingerprint density at radius 1 is 0.711 bits per heavy atom. The highest BCUT2D eigenvalue weighted by Crippen LogP contribution is 2.60. The molecular weight excluding hydrogens is 487 g/mol. The summed E-state index contributed by atoms with van der Waals surface area (Å²) in [6, 6.07) is 40.6. The molecule has 194 valence electrons. The molecule has 2 aliphatic rings. The summed E-state index contributed by atoms with van der Waals surface area (Å²) in [5.74, 6) is 0. The van der Waals surface area contributed by atoms with Crippen LogP contribution in [0.1, 0.15) is 34.7 Å². The van der Waals surface area contributed by atoms with Crippen LogP contribution >= 0.6 is 0 Å². The van der Waals surface area contributed by atoms with E-state index in [9.17, 15) is 17.3 Å². The van der Waals surface area contributed by atoms with Crippen LogP contribution in [-0.4, -0.2) is 7.25 Å². The number of hydrogen-bond acceptors (Lipinski definition) is 0. The maximum absolute atomic E-state index is 9.75. The molecule has 2 aliphatic heterocycles. The number of aryl methyl sites for hydroxylation is 2. The number of fused-ring (bicyclic) bond motifs is 1. The van der Waals surface area contributed by atoms with Crippen molar-refractivity contribution in [2.24, 2.45) is 0 Å². The Bertz CT molecular complexity index is 1370. The minimum Gasteiger partial charge on any atom is -0.418 e. The van der Waals surface area contributed by atoms with Crippen LogP contribution in [0.5, 0.6) is 0 Å². The van der Waals surface area contributed by atoms with Gasteiger partial charge in [0.15, 0.2) is 17.4 Å². The van der Waals surface area contributed by atoms with Crippen molar-refractivity contribution in [1.82, 2.24) is 4.59 Å².